The Kier molecular flexibility index (Phi) is 1.65. The summed E-state index contributed by atoms with van der Waals surface area (Å²) in [7, 11) is 1.73. The van der Waals surface area contributed by atoms with Crippen LogP contribution in [0.5, 0.6) is 0 Å². The number of para-hydroxylation sites is 1. The molecule has 0 radical (unpaired) electrons. The van der Waals surface area contributed by atoms with Crippen molar-refractivity contribution in [2.45, 2.75) is 6.92 Å². The van der Waals surface area contributed by atoms with Gasteiger partial charge in [0.05, 0.1) is 5.52 Å². The van der Waals surface area contributed by atoms with Crippen molar-refractivity contribution in [2.75, 3.05) is 0 Å². The van der Waals surface area contributed by atoms with Crippen LogP contribution in [0.1, 0.15) is 5.69 Å². The van der Waals surface area contributed by atoms with E-state index < -0.39 is 0 Å². The van der Waals surface area contributed by atoms with E-state index in [-0.39, 0.29) is 5.69 Å². The van der Waals surface area contributed by atoms with E-state index >= 15 is 0 Å². The third-order valence-corrected chi connectivity index (χ3v) is 2.30. The summed E-state index contributed by atoms with van der Waals surface area (Å²) < 4.78 is 1.56. The third-order valence-electron chi connectivity index (χ3n) is 2.30. The lowest BCUT2D eigenvalue weighted by atomic mass is 10.2. The van der Waals surface area contributed by atoms with E-state index in [1.54, 1.807) is 11.6 Å². The summed E-state index contributed by atoms with van der Waals surface area (Å²) in [5.41, 5.74) is 1.52. The van der Waals surface area contributed by atoms with E-state index in [1.165, 1.54) is 0 Å². The molecule has 0 spiro atoms. The fourth-order valence-corrected chi connectivity index (χ4v) is 1.38. The lowest BCUT2D eigenvalue weighted by molar-refractivity contribution is 0.793. The number of benzene rings is 1. The molecule has 1 heterocycles. The van der Waals surface area contributed by atoms with Gasteiger partial charge in [-0.2, -0.15) is 4.98 Å². The maximum absolute atomic E-state index is 11.3. The quantitative estimate of drug-likeness (QED) is 0.602. The van der Waals surface area contributed by atoms with Gasteiger partial charge in [0.1, 0.15) is 0 Å². The van der Waals surface area contributed by atoms with Crippen LogP contribution in [-0.2, 0) is 7.05 Å². The summed E-state index contributed by atoms with van der Waals surface area (Å²) in [5.74, 6) is 0. The van der Waals surface area contributed by atoms with Gasteiger partial charge in [-0.25, -0.2) is 4.79 Å². The molecule has 1 aromatic heterocycles. The molecule has 2 aromatic rings. The number of nitrogens with zero attached hydrogens (tertiary/aromatic N) is 2. The van der Waals surface area contributed by atoms with Crippen molar-refractivity contribution in [1.29, 1.82) is 0 Å². The second-order valence-corrected chi connectivity index (χ2v) is 3.06. The molecule has 0 aliphatic heterocycles. The SMILES string of the molecule is Cc1c2ccccc2nc(=O)n1C. The van der Waals surface area contributed by atoms with Gasteiger partial charge in [0.25, 0.3) is 0 Å². The Hall–Kier alpha value is -1.64. The lowest BCUT2D eigenvalue weighted by Gasteiger charge is -2.05. The summed E-state index contributed by atoms with van der Waals surface area (Å²) in [6, 6.07) is 7.65. The van der Waals surface area contributed by atoms with Gasteiger partial charge in [0.15, 0.2) is 0 Å². The minimum Gasteiger partial charge on any atom is -0.299 e. The standard InChI is InChI=1S/C10H10N2O/c1-7-8-5-3-4-6-9(8)11-10(13)12(7)2/h3-6H,1-2H3. The van der Waals surface area contributed by atoms with Gasteiger partial charge in [0, 0.05) is 18.1 Å². The van der Waals surface area contributed by atoms with Crippen LogP contribution < -0.4 is 5.69 Å². The largest absolute Gasteiger partial charge is 0.348 e. The van der Waals surface area contributed by atoms with Crippen LogP contribution in [0.3, 0.4) is 0 Å². The number of aryl methyl sites for hydroxylation is 1. The lowest BCUT2D eigenvalue weighted by Crippen LogP contribution is -2.21. The molecule has 0 unspecified atom stereocenters. The maximum Gasteiger partial charge on any atom is 0.348 e. The average Bonchev–Trinajstić information content (AvgIpc) is 2.15. The molecule has 0 amide bonds. The van der Waals surface area contributed by atoms with Gasteiger partial charge in [0.2, 0.25) is 0 Å². The van der Waals surface area contributed by atoms with Crippen LogP contribution >= 0.6 is 0 Å². The smallest absolute Gasteiger partial charge is 0.299 e. The summed E-state index contributed by atoms with van der Waals surface area (Å²) in [6.45, 7) is 1.92. The van der Waals surface area contributed by atoms with Crippen LogP contribution in [0.15, 0.2) is 29.1 Å². The Balaban J connectivity index is 3.02. The molecule has 1 aromatic carbocycles. The molecule has 2 rings (SSSR count). The van der Waals surface area contributed by atoms with Gasteiger partial charge < -0.3 is 0 Å². The number of hydrogen-bond donors (Lipinski definition) is 0. The molecule has 66 valence electrons. The van der Waals surface area contributed by atoms with Gasteiger partial charge in [-0.05, 0) is 13.0 Å². The van der Waals surface area contributed by atoms with Crippen LogP contribution in [-0.4, -0.2) is 9.55 Å². The topological polar surface area (TPSA) is 34.9 Å². The normalized spacial score (nSPS) is 10.6. The third kappa shape index (κ3) is 1.13. The first-order valence-electron chi connectivity index (χ1n) is 4.12. The van der Waals surface area contributed by atoms with E-state index in [1.807, 2.05) is 31.2 Å². The first kappa shape index (κ1) is 7.98. The minimum atomic E-state index is -0.198. The Morgan fingerprint density at radius 3 is 2.77 bits per heavy atom. The molecule has 3 heteroatoms. The van der Waals surface area contributed by atoms with Crippen molar-refractivity contribution in [3.05, 3.63) is 40.4 Å². The fraction of sp³-hybridized carbons (Fsp3) is 0.200. The second-order valence-electron chi connectivity index (χ2n) is 3.06. The first-order chi connectivity index (χ1) is 6.20. The van der Waals surface area contributed by atoms with Crippen molar-refractivity contribution < 1.29 is 0 Å². The van der Waals surface area contributed by atoms with Gasteiger partial charge >= 0.3 is 5.69 Å². The number of rotatable bonds is 0. The Morgan fingerprint density at radius 2 is 2.00 bits per heavy atom. The van der Waals surface area contributed by atoms with Crippen molar-refractivity contribution in [3.8, 4) is 0 Å². The highest BCUT2D eigenvalue weighted by Gasteiger charge is 2.02. The first-order valence-corrected chi connectivity index (χ1v) is 4.12. The van der Waals surface area contributed by atoms with Gasteiger partial charge in [-0.1, -0.05) is 18.2 Å². The van der Waals surface area contributed by atoms with Crippen molar-refractivity contribution in [3.63, 3.8) is 0 Å². The number of hydrogen-bond acceptors (Lipinski definition) is 2. The molecular formula is C10H10N2O. The molecule has 13 heavy (non-hydrogen) atoms. The number of fused-ring (bicyclic) bond motifs is 1. The van der Waals surface area contributed by atoms with Crippen LogP contribution in [0.2, 0.25) is 0 Å². The Bertz CT molecular complexity index is 514. The highest BCUT2D eigenvalue weighted by atomic mass is 16.1. The summed E-state index contributed by atoms with van der Waals surface area (Å²) in [4.78, 5) is 15.2. The predicted molar refractivity (Wildman–Crippen MR) is 51.7 cm³/mol. The van der Waals surface area contributed by atoms with Crippen molar-refractivity contribution >= 4 is 10.9 Å². The molecule has 0 N–H and O–H groups in total. The molecular weight excluding hydrogens is 164 g/mol. The Morgan fingerprint density at radius 1 is 1.31 bits per heavy atom. The monoisotopic (exact) mass is 174 g/mol. The van der Waals surface area contributed by atoms with Crippen LogP contribution in [0, 0.1) is 6.92 Å². The highest BCUT2D eigenvalue weighted by molar-refractivity contribution is 5.80. The molecule has 0 bridgehead atoms. The molecule has 0 aliphatic carbocycles. The zero-order valence-corrected chi connectivity index (χ0v) is 7.61. The van der Waals surface area contributed by atoms with E-state index in [2.05, 4.69) is 4.98 Å². The van der Waals surface area contributed by atoms with Crippen molar-refractivity contribution in [2.24, 2.45) is 7.05 Å². The predicted octanol–water partition coefficient (Wildman–Crippen LogP) is 1.24. The Labute approximate surface area is 75.7 Å². The average molecular weight is 174 g/mol. The van der Waals surface area contributed by atoms with E-state index in [0.29, 0.717) is 0 Å². The molecule has 3 nitrogen and oxygen atoms in total. The van der Waals surface area contributed by atoms with Crippen LogP contribution in [0.25, 0.3) is 10.9 Å². The molecule has 0 saturated heterocycles. The van der Waals surface area contributed by atoms with Crippen molar-refractivity contribution in [1.82, 2.24) is 9.55 Å². The van der Waals surface area contributed by atoms with Crippen LogP contribution in [0.4, 0.5) is 0 Å². The van der Waals surface area contributed by atoms with Gasteiger partial charge in [-0.3, -0.25) is 4.57 Å². The molecule has 0 atom stereocenters. The number of aromatic nitrogens is 2. The molecule has 0 saturated carbocycles. The van der Waals surface area contributed by atoms with Gasteiger partial charge in [-0.15, -0.1) is 0 Å². The summed E-state index contributed by atoms with van der Waals surface area (Å²) >= 11 is 0. The summed E-state index contributed by atoms with van der Waals surface area (Å²) in [5, 5.41) is 1.03. The second kappa shape index (κ2) is 2.69. The zero-order chi connectivity index (χ0) is 9.42. The highest BCUT2D eigenvalue weighted by Crippen LogP contribution is 2.12. The molecule has 0 fully saturated rings. The van der Waals surface area contributed by atoms with E-state index in [9.17, 15) is 4.79 Å². The minimum absolute atomic E-state index is 0.198. The summed E-state index contributed by atoms with van der Waals surface area (Å²) in [6.07, 6.45) is 0. The zero-order valence-electron chi connectivity index (χ0n) is 7.61. The molecule has 0 aliphatic rings. The van der Waals surface area contributed by atoms with E-state index in [0.717, 1.165) is 16.6 Å². The fourth-order valence-electron chi connectivity index (χ4n) is 1.38. The van der Waals surface area contributed by atoms with E-state index in [4.69, 9.17) is 0 Å². The maximum atomic E-state index is 11.3.